The standard InChI is InChI=1S/C14H22N2O/c1-4-5-6-11-7-9-12(10-8-11)16-13(17)14(2,3)15/h7-10H,4-6,15H2,1-3H3,(H,16,17). The van der Waals surface area contributed by atoms with Crippen molar-refractivity contribution in [3.8, 4) is 0 Å². The number of aryl methyl sites for hydroxylation is 1. The predicted molar refractivity (Wildman–Crippen MR) is 72.0 cm³/mol. The molecule has 1 rings (SSSR count). The highest BCUT2D eigenvalue weighted by Gasteiger charge is 2.21. The van der Waals surface area contributed by atoms with Crippen LogP contribution in [0.25, 0.3) is 0 Å². The number of rotatable bonds is 5. The number of anilines is 1. The Hall–Kier alpha value is -1.35. The van der Waals surface area contributed by atoms with Crippen LogP contribution in [0.2, 0.25) is 0 Å². The molecule has 0 heterocycles. The first-order valence-electron chi connectivity index (χ1n) is 6.12. The zero-order valence-corrected chi connectivity index (χ0v) is 10.9. The Morgan fingerprint density at radius 3 is 2.35 bits per heavy atom. The molecule has 0 aliphatic rings. The SMILES string of the molecule is CCCCc1ccc(NC(=O)C(C)(C)N)cc1. The Bertz CT molecular complexity index is 363. The van der Waals surface area contributed by atoms with Gasteiger partial charge < -0.3 is 11.1 Å². The van der Waals surface area contributed by atoms with Gasteiger partial charge in [0, 0.05) is 5.69 Å². The highest BCUT2D eigenvalue weighted by Crippen LogP contribution is 2.13. The lowest BCUT2D eigenvalue weighted by atomic mass is 10.1. The molecule has 0 saturated heterocycles. The van der Waals surface area contributed by atoms with Crippen LogP contribution in [0.15, 0.2) is 24.3 Å². The topological polar surface area (TPSA) is 55.1 Å². The number of carbonyl (C=O) groups is 1. The van der Waals surface area contributed by atoms with Crippen molar-refractivity contribution >= 4 is 11.6 Å². The molecule has 0 aromatic heterocycles. The summed E-state index contributed by atoms with van der Waals surface area (Å²) in [5.41, 5.74) is 6.97. The molecule has 1 aromatic carbocycles. The lowest BCUT2D eigenvalue weighted by Crippen LogP contribution is -2.45. The average molecular weight is 234 g/mol. The fourth-order valence-corrected chi connectivity index (χ4v) is 1.43. The van der Waals surface area contributed by atoms with Crippen molar-refractivity contribution in [2.45, 2.75) is 45.6 Å². The van der Waals surface area contributed by atoms with Crippen LogP contribution in [-0.4, -0.2) is 11.4 Å². The Balaban J connectivity index is 2.59. The van der Waals surface area contributed by atoms with E-state index in [-0.39, 0.29) is 5.91 Å². The van der Waals surface area contributed by atoms with Gasteiger partial charge in [-0.15, -0.1) is 0 Å². The third-order valence-electron chi connectivity index (χ3n) is 2.62. The van der Waals surface area contributed by atoms with E-state index in [1.807, 2.05) is 12.1 Å². The van der Waals surface area contributed by atoms with Crippen molar-refractivity contribution in [2.24, 2.45) is 5.73 Å². The first kappa shape index (κ1) is 13.7. The van der Waals surface area contributed by atoms with Gasteiger partial charge in [0.1, 0.15) is 0 Å². The van der Waals surface area contributed by atoms with Crippen LogP contribution in [-0.2, 0) is 11.2 Å². The molecule has 0 atom stereocenters. The molecule has 0 spiro atoms. The number of nitrogens with one attached hydrogen (secondary N) is 1. The number of benzene rings is 1. The molecule has 0 radical (unpaired) electrons. The molecule has 0 saturated carbocycles. The molecule has 94 valence electrons. The maximum Gasteiger partial charge on any atom is 0.243 e. The quantitative estimate of drug-likeness (QED) is 0.823. The molecule has 0 aliphatic carbocycles. The van der Waals surface area contributed by atoms with E-state index in [1.54, 1.807) is 13.8 Å². The predicted octanol–water partition coefficient (Wildman–Crippen LogP) is 2.71. The van der Waals surface area contributed by atoms with Gasteiger partial charge in [-0.3, -0.25) is 4.79 Å². The molecule has 3 N–H and O–H groups in total. The van der Waals surface area contributed by atoms with E-state index in [4.69, 9.17) is 5.73 Å². The molecule has 0 bridgehead atoms. The first-order chi connectivity index (χ1) is 7.93. The van der Waals surface area contributed by atoms with Crippen molar-refractivity contribution in [3.05, 3.63) is 29.8 Å². The largest absolute Gasteiger partial charge is 0.325 e. The molecular formula is C14H22N2O. The number of amides is 1. The Kier molecular flexibility index (Phi) is 4.70. The van der Waals surface area contributed by atoms with Gasteiger partial charge in [0.25, 0.3) is 0 Å². The van der Waals surface area contributed by atoms with Crippen molar-refractivity contribution < 1.29 is 4.79 Å². The van der Waals surface area contributed by atoms with E-state index < -0.39 is 5.54 Å². The number of hydrogen-bond acceptors (Lipinski definition) is 2. The number of nitrogens with two attached hydrogens (primary N) is 1. The van der Waals surface area contributed by atoms with E-state index in [2.05, 4.69) is 24.4 Å². The van der Waals surface area contributed by atoms with E-state index in [1.165, 1.54) is 18.4 Å². The minimum absolute atomic E-state index is 0.168. The lowest BCUT2D eigenvalue weighted by molar-refractivity contribution is -0.120. The van der Waals surface area contributed by atoms with E-state index in [0.29, 0.717) is 0 Å². The number of carbonyl (C=O) groups excluding carboxylic acids is 1. The van der Waals surface area contributed by atoms with Gasteiger partial charge in [-0.2, -0.15) is 0 Å². The molecule has 3 nitrogen and oxygen atoms in total. The Morgan fingerprint density at radius 1 is 1.29 bits per heavy atom. The molecule has 0 unspecified atom stereocenters. The number of hydrogen-bond donors (Lipinski definition) is 2. The highest BCUT2D eigenvalue weighted by molar-refractivity contribution is 5.97. The summed E-state index contributed by atoms with van der Waals surface area (Å²) in [7, 11) is 0. The van der Waals surface area contributed by atoms with Crippen molar-refractivity contribution in [1.29, 1.82) is 0 Å². The summed E-state index contributed by atoms with van der Waals surface area (Å²) in [4.78, 5) is 11.7. The molecule has 3 heteroatoms. The summed E-state index contributed by atoms with van der Waals surface area (Å²) in [6.45, 7) is 5.56. The monoisotopic (exact) mass is 234 g/mol. The van der Waals surface area contributed by atoms with Crippen LogP contribution in [0.4, 0.5) is 5.69 Å². The van der Waals surface area contributed by atoms with Gasteiger partial charge >= 0.3 is 0 Å². The van der Waals surface area contributed by atoms with Crippen molar-refractivity contribution in [2.75, 3.05) is 5.32 Å². The number of unbranched alkanes of at least 4 members (excludes halogenated alkanes) is 1. The van der Waals surface area contributed by atoms with Crippen LogP contribution in [0.1, 0.15) is 39.2 Å². The lowest BCUT2D eigenvalue weighted by Gasteiger charge is -2.17. The van der Waals surface area contributed by atoms with E-state index >= 15 is 0 Å². The smallest absolute Gasteiger partial charge is 0.243 e. The summed E-state index contributed by atoms with van der Waals surface area (Å²) in [5, 5.41) is 2.80. The van der Waals surface area contributed by atoms with Gasteiger partial charge in [0.15, 0.2) is 0 Å². The highest BCUT2D eigenvalue weighted by atomic mass is 16.2. The van der Waals surface area contributed by atoms with Gasteiger partial charge in [-0.1, -0.05) is 25.5 Å². The van der Waals surface area contributed by atoms with Gasteiger partial charge in [-0.25, -0.2) is 0 Å². The summed E-state index contributed by atoms with van der Waals surface area (Å²) in [5.74, 6) is -0.168. The second-order valence-electron chi connectivity index (χ2n) is 4.98. The Labute approximate surface area is 103 Å². The second kappa shape index (κ2) is 5.82. The summed E-state index contributed by atoms with van der Waals surface area (Å²) in [6.07, 6.45) is 3.48. The zero-order chi connectivity index (χ0) is 12.9. The minimum Gasteiger partial charge on any atom is -0.325 e. The van der Waals surface area contributed by atoms with Gasteiger partial charge in [0.2, 0.25) is 5.91 Å². The van der Waals surface area contributed by atoms with Gasteiger partial charge in [0.05, 0.1) is 5.54 Å². The first-order valence-corrected chi connectivity index (χ1v) is 6.12. The fraction of sp³-hybridized carbons (Fsp3) is 0.500. The normalized spacial score (nSPS) is 11.3. The Morgan fingerprint density at radius 2 is 1.88 bits per heavy atom. The molecular weight excluding hydrogens is 212 g/mol. The van der Waals surface area contributed by atoms with E-state index in [0.717, 1.165) is 12.1 Å². The van der Waals surface area contributed by atoms with Crippen molar-refractivity contribution in [3.63, 3.8) is 0 Å². The minimum atomic E-state index is -0.846. The molecule has 1 aromatic rings. The summed E-state index contributed by atoms with van der Waals surface area (Å²) in [6, 6.07) is 7.95. The van der Waals surface area contributed by atoms with Crippen molar-refractivity contribution in [1.82, 2.24) is 0 Å². The summed E-state index contributed by atoms with van der Waals surface area (Å²) < 4.78 is 0. The average Bonchev–Trinajstić information content (AvgIpc) is 2.27. The summed E-state index contributed by atoms with van der Waals surface area (Å²) >= 11 is 0. The zero-order valence-electron chi connectivity index (χ0n) is 10.9. The van der Waals surface area contributed by atoms with Crippen LogP contribution in [0.3, 0.4) is 0 Å². The third-order valence-corrected chi connectivity index (χ3v) is 2.62. The van der Waals surface area contributed by atoms with Gasteiger partial charge in [-0.05, 0) is 44.4 Å². The van der Waals surface area contributed by atoms with E-state index in [9.17, 15) is 4.79 Å². The van der Waals surface area contributed by atoms with Crippen LogP contribution in [0.5, 0.6) is 0 Å². The van der Waals surface area contributed by atoms with Crippen LogP contribution >= 0.6 is 0 Å². The molecule has 0 fully saturated rings. The van der Waals surface area contributed by atoms with Crippen LogP contribution < -0.4 is 11.1 Å². The maximum atomic E-state index is 11.7. The maximum absolute atomic E-state index is 11.7. The third kappa shape index (κ3) is 4.57. The molecule has 17 heavy (non-hydrogen) atoms. The second-order valence-corrected chi connectivity index (χ2v) is 4.98. The fourth-order valence-electron chi connectivity index (χ4n) is 1.43. The molecule has 0 aliphatic heterocycles. The van der Waals surface area contributed by atoms with Crippen LogP contribution in [0, 0.1) is 0 Å². The molecule has 1 amide bonds.